The molecule has 2 aromatic rings. The summed E-state index contributed by atoms with van der Waals surface area (Å²) in [5.74, 6) is 0.787. The van der Waals surface area contributed by atoms with Crippen molar-refractivity contribution in [3.63, 3.8) is 0 Å². The van der Waals surface area contributed by atoms with E-state index in [1.807, 2.05) is 31.2 Å². The summed E-state index contributed by atoms with van der Waals surface area (Å²) in [6.45, 7) is 3.28. The Labute approximate surface area is 143 Å². The third kappa shape index (κ3) is 6.10. The molecule has 1 unspecified atom stereocenters. The van der Waals surface area contributed by atoms with Gasteiger partial charge < -0.3 is 15.8 Å². The predicted molar refractivity (Wildman–Crippen MR) is 97.7 cm³/mol. The molecular formula is C17H23N3O3S. The van der Waals surface area contributed by atoms with Crippen LogP contribution in [0.15, 0.2) is 48.5 Å². The van der Waals surface area contributed by atoms with Crippen LogP contribution in [0.1, 0.15) is 18.5 Å². The van der Waals surface area contributed by atoms with E-state index < -0.39 is 10.0 Å². The maximum absolute atomic E-state index is 11.2. The molecule has 2 rings (SSSR count). The van der Waals surface area contributed by atoms with Crippen LogP contribution in [0.25, 0.3) is 0 Å². The van der Waals surface area contributed by atoms with Gasteiger partial charge in [0.05, 0.1) is 6.26 Å². The molecule has 0 radical (unpaired) electrons. The van der Waals surface area contributed by atoms with Gasteiger partial charge in [-0.05, 0) is 48.9 Å². The fourth-order valence-corrected chi connectivity index (χ4v) is 2.74. The smallest absolute Gasteiger partial charge is 0.229 e. The van der Waals surface area contributed by atoms with Crippen molar-refractivity contribution >= 4 is 21.4 Å². The minimum atomic E-state index is -3.25. The molecule has 0 aromatic heterocycles. The first-order valence-electron chi connectivity index (χ1n) is 7.63. The molecule has 130 valence electrons. The van der Waals surface area contributed by atoms with Gasteiger partial charge in [-0.1, -0.05) is 12.1 Å². The van der Waals surface area contributed by atoms with E-state index in [-0.39, 0.29) is 6.04 Å². The molecule has 0 fully saturated rings. The molecule has 0 bridgehead atoms. The third-order valence-corrected chi connectivity index (χ3v) is 4.02. The lowest BCUT2D eigenvalue weighted by Crippen LogP contribution is -2.24. The largest absolute Gasteiger partial charge is 0.492 e. The van der Waals surface area contributed by atoms with E-state index in [2.05, 4.69) is 10.0 Å². The fourth-order valence-electron chi connectivity index (χ4n) is 2.18. The van der Waals surface area contributed by atoms with Gasteiger partial charge in [-0.15, -0.1) is 0 Å². The monoisotopic (exact) mass is 349 g/mol. The van der Waals surface area contributed by atoms with Crippen LogP contribution in [0.5, 0.6) is 5.75 Å². The zero-order valence-corrected chi connectivity index (χ0v) is 14.6. The van der Waals surface area contributed by atoms with Gasteiger partial charge >= 0.3 is 0 Å². The Kier molecular flexibility index (Phi) is 6.05. The van der Waals surface area contributed by atoms with E-state index >= 15 is 0 Å². The molecule has 4 N–H and O–H groups in total. The Bertz CT molecular complexity index is 744. The Morgan fingerprint density at radius 3 is 2.29 bits per heavy atom. The first-order valence-corrected chi connectivity index (χ1v) is 9.52. The minimum Gasteiger partial charge on any atom is -0.492 e. The number of benzene rings is 2. The molecule has 6 nitrogen and oxygen atoms in total. The lowest BCUT2D eigenvalue weighted by molar-refractivity contribution is 0.307. The van der Waals surface area contributed by atoms with Crippen molar-refractivity contribution in [3.8, 4) is 5.75 Å². The minimum absolute atomic E-state index is 0.132. The van der Waals surface area contributed by atoms with Crippen molar-refractivity contribution in [1.29, 1.82) is 0 Å². The summed E-state index contributed by atoms with van der Waals surface area (Å²) in [6, 6.07) is 14.7. The number of nitrogens with two attached hydrogens (primary N) is 1. The van der Waals surface area contributed by atoms with Gasteiger partial charge in [-0.3, -0.25) is 4.72 Å². The van der Waals surface area contributed by atoms with Crippen LogP contribution in [0, 0.1) is 0 Å². The first kappa shape index (κ1) is 18.1. The van der Waals surface area contributed by atoms with Gasteiger partial charge in [-0.25, -0.2) is 8.42 Å². The second-order valence-corrected chi connectivity index (χ2v) is 7.34. The molecule has 0 saturated heterocycles. The highest BCUT2D eigenvalue weighted by molar-refractivity contribution is 7.92. The molecule has 2 aromatic carbocycles. The summed E-state index contributed by atoms with van der Waals surface area (Å²) in [6.07, 6.45) is 1.13. The molecule has 0 spiro atoms. The molecule has 0 heterocycles. The van der Waals surface area contributed by atoms with Crippen LogP contribution in [0.2, 0.25) is 0 Å². The van der Waals surface area contributed by atoms with Crippen molar-refractivity contribution in [2.45, 2.75) is 13.0 Å². The maximum atomic E-state index is 11.2. The van der Waals surface area contributed by atoms with Crippen molar-refractivity contribution < 1.29 is 13.2 Å². The number of sulfonamides is 1. The second kappa shape index (κ2) is 8.03. The molecule has 0 amide bonds. The zero-order chi connectivity index (χ0) is 17.6. The third-order valence-electron chi connectivity index (χ3n) is 3.42. The Balaban J connectivity index is 1.77. The first-order chi connectivity index (χ1) is 11.3. The second-order valence-electron chi connectivity index (χ2n) is 5.59. The predicted octanol–water partition coefficient (Wildman–Crippen LogP) is 2.37. The molecule has 7 heteroatoms. The Hall–Kier alpha value is -2.25. The van der Waals surface area contributed by atoms with Crippen molar-refractivity contribution in [1.82, 2.24) is 5.32 Å². The van der Waals surface area contributed by atoms with Crippen LogP contribution in [0.4, 0.5) is 11.4 Å². The normalized spacial score (nSPS) is 12.6. The number of nitrogens with one attached hydrogen (secondary N) is 2. The summed E-state index contributed by atoms with van der Waals surface area (Å²) in [4.78, 5) is 0. The summed E-state index contributed by atoms with van der Waals surface area (Å²) in [7, 11) is -3.25. The lowest BCUT2D eigenvalue weighted by atomic mass is 10.1. The Morgan fingerprint density at radius 1 is 1.08 bits per heavy atom. The highest BCUT2D eigenvalue weighted by Gasteiger charge is 2.06. The average Bonchev–Trinajstić information content (AvgIpc) is 2.52. The molecular weight excluding hydrogens is 326 g/mol. The number of hydrogen-bond acceptors (Lipinski definition) is 5. The molecule has 1 atom stereocenters. The van der Waals surface area contributed by atoms with Gasteiger partial charge in [-0.2, -0.15) is 0 Å². The van der Waals surface area contributed by atoms with E-state index in [4.69, 9.17) is 10.5 Å². The van der Waals surface area contributed by atoms with Crippen LogP contribution in [0.3, 0.4) is 0 Å². The number of nitrogen functional groups attached to an aromatic ring is 1. The van der Waals surface area contributed by atoms with Gasteiger partial charge in [0.15, 0.2) is 0 Å². The SMILES string of the molecule is CC(NCCOc1ccc(N)cc1)c1ccc(NS(C)(=O)=O)cc1. The van der Waals surface area contributed by atoms with Gasteiger partial charge in [0.2, 0.25) is 10.0 Å². The molecule has 0 aliphatic carbocycles. The number of hydrogen-bond donors (Lipinski definition) is 3. The van der Waals surface area contributed by atoms with Crippen LogP contribution in [-0.4, -0.2) is 27.8 Å². The standard InChI is InChI=1S/C17H23N3O3S/c1-13(14-3-7-16(8-4-14)20-24(2,21)22)19-11-12-23-17-9-5-15(18)6-10-17/h3-10,13,19-20H,11-12,18H2,1-2H3. The average molecular weight is 349 g/mol. The van der Waals surface area contributed by atoms with Crippen LogP contribution in [-0.2, 0) is 10.0 Å². The number of rotatable bonds is 8. The van der Waals surface area contributed by atoms with Gasteiger partial charge in [0, 0.05) is 24.0 Å². The number of anilines is 2. The fraction of sp³-hybridized carbons (Fsp3) is 0.294. The summed E-state index contributed by atoms with van der Waals surface area (Å²) < 4.78 is 30.4. The van der Waals surface area contributed by atoms with Crippen LogP contribution < -0.4 is 20.5 Å². The molecule has 0 aliphatic heterocycles. The summed E-state index contributed by atoms with van der Waals surface area (Å²) in [5, 5.41) is 3.36. The van der Waals surface area contributed by atoms with E-state index in [9.17, 15) is 8.42 Å². The zero-order valence-electron chi connectivity index (χ0n) is 13.8. The summed E-state index contributed by atoms with van der Waals surface area (Å²) >= 11 is 0. The van der Waals surface area contributed by atoms with Crippen molar-refractivity contribution in [3.05, 3.63) is 54.1 Å². The van der Waals surface area contributed by atoms with Crippen LogP contribution >= 0.6 is 0 Å². The highest BCUT2D eigenvalue weighted by Crippen LogP contribution is 2.17. The van der Waals surface area contributed by atoms with E-state index in [0.29, 0.717) is 24.5 Å². The van der Waals surface area contributed by atoms with Gasteiger partial charge in [0.1, 0.15) is 12.4 Å². The van der Waals surface area contributed by atoms with Gasteiger partial charge in [0.25, 0.3) is 0 Å². The summed E-state index contributed by atoms with van der Waals surface area (Å²) in [5.41, 5.74) is 7.96. The van der Waals surface area contributed by atoms with Crippen molar-refractivity contribution in [2.75, 3.05) is 29.9 Å². The highest BCUT2D eigenvalue weighted by atomic mass is 32.2. The molecule has 24 heavy (non-hydrogen) atoms. The number of ether oxygens (including phenoxy) is 1. The maximum Gasteiger partial charge on any atom is 0.229 e. The van der Waals surface area contributed by atoms with E-state index in [1.165, 1.54) is 0 Å². The van der Waals surface area contributed by atoms with E-state index in [1.54, 1.807) is 24.3 Å². The lowest BCUT2D eigenvalue weighted by Gasteiger charge is -2.15. The Morgan fingerprint density at radius 2 is 1.71 bits per heavy atom. The molecule has 0 aliphatic rings. The topological polar surface area (TPSA) is 93.4 Å². The molecule has 0 saturated carbocycles. The van der Waals surface area contributed by atoms with Crippen molar-refractivity contribution in [2.24, 2.45) is 0 Å². The quantitative estimate of drug-likeness (QED) is 0.502. The van der Waals surface area contributed by atoms with E-state index in [0.717, 1.165) is 17.6 Å².